The van der Waals surface area contributed by atoms with Crippen LogP contribution in [0.3, 0.4) is 0 Å². The molecule has 2 heteroatoms. The van der Waals surface area contributed by atoms with Gasteiger partial charge in [0.25, 0.3) is 0 Å². The lowest BCUT2D eigenvalue weighted by Crippen LogP contribution is -1.87. The molecule has 0 atom stereocenters. The van der Waals surface area contributed by atoms with E-state index in [0.29, 0.717) is 12.0 Å². The first-order chi connectivity index (χ1) is 7.63. The van der Waals surface area contributed by atoms with Gasteiger partial charge in [0.1, 0.15) is 12.0 Å². The molecule has 0 spiro atoms. The summed E-state index contributed by atoms with van der Waals surface area (Å²) in [5, 5.41) is 9.50. The van der Waals surface area contributed by atoms with Crippen LogP contribution < -0.4 is 0 Å². The molecule has 16 heavy (non-hydrogen) atoms. The average Bonchev–Trinajstić information content (AvgIpc) is 2.30. The van der Waals surface area contributed by atoms with Gasteiger partial charge in [0, 0.05) is 5.56 Å². The van der Waals surface area contributed by atoms with Crippen molar-refractivity contribution in [2.24, 2.45) is 0 Å². The van der Waals surface area contributed by atoms with E-state index in [4.69, 9.17) is 0 Å². The number of rotatable bonds is 3. The van der Waals surface area contributed by atoms with Gasteiger partial charge in [-0.2, -0.15) is 0 Å². The SMILES string of the molecule is CC.CC(C)=CCc1cc(C=O)ccc1O. The molecule has 1 aromatic carbocycles. The number of allylic oxidation sites excluding steroid dienone is 2. The zero-order chi connectivity index (χ0) is 12.6. The van der Waals surface area contributed by atoms with E-state index in [1.807, 2.05) is 33.8 Å². The van der Waals surface area contributed by atoms with Crippen LogP contribution in [0.1, 0.15) is 43.6 Å². The second kappa shape index (κ2) is 7.69. The van der Waals surface area contributed by atoms with Gasteiger partial charge in [-0.1, -0.05) is 25.5 Å². The predicted molar refractivity (Wildman–Crippen MR) is 68.0 cm³/mol. The summed E-state index contributed by atoms with van der Waals surface area (Å²) in [5.41, 5.74) is 2.58. The Morgan fingerprint density at radius 3 is 2.44 bits per heavy atom. The topological polar surface area (TPSA) is 37.3 Å². The number of aldehydes is 1. The van der Waals surface area contributed by atoms with Gasteiger partial charge in [-0.3, -0.25) is 4.79 Å². The van der Waals surface area contributed by atoms with E-state index in [1.54, 1.807) is 18.2 Å². The highest BCUT2D eigenvalue weighted by Gasteiger charge is 2.00. The molecule has 1 aromatic rings. The second-order valence-corrected chi connectivity index (χ2v) is 3.49. The summed E-state index contributed by atoms with van der Waals surface area (Å²) in [5.74, 6) is 0.244. The number of hydrogen-bond acceptors (Lipinski definition) is 2. The zero-order valence-corrected chi connectivity index (χ0v) is 10.4. The van der Waals surface area contributed by atoms with Crippen molar-refractivity contribution in [2.75, 3.05) is 0 Å². The van der Waals surface area contributed by atoms with Crippen molar-refractivity contribution in [1.82, 2.24) is 0 Å². The monoisotopic (exact) mass is 220 g/mol. The first-order valence-electron chi connectivity index (χ1n) is 5.54. The number of aromatic hydroxyl groups is 1. The lowest BCUT2D eigenvalue weighted by molar-refractivity contribution is 0.112. The Hall–Kier alpha value is -1.57. The van der Waals surface area contributed by atoms with Gasteiger partial charge in [0.05, 0.1) is 0 Å². The van der Waals surface area contributed by atoms with E-state index in [-0.39, 0.29) is 5.75 Å². The van der Waals surface area contributed by atoms with Crippen LogP contribution in [0.2, 0.25) is 0 Å². The Labute approximate surface area is 97.6 Å². The minimum atomic E-state index is 0.244. The zero-order valence-electron chi connectivity index (χ0n) is 10.4. The third kappa shape index (κ3) is 4.78. The molecule has 0 aromatic heterocycles. The van der Waals surface area contributed by atoms with Crippen molar-refractivity contribution in [3.8, 4) is 5.75 Å². The molecule has 0 unspecified atom stereocenters. The third-order valence-electron chi connectivity index (χ3n) is 1.97. The predicted octanol–water partition coefficient (Wildman–Crippen LogP) is 3.74. The summed E-state index contributed by atoms with van der Waals surface area (Å²) in [6, 6.07) is 4.87. The highest BCUT2D eigenvalue weighted by atomic mass is 16.3. The number of phenols is 1. The first kappa shape index (κ1) is 14.4. The standard InChI is InChI=1S/C12H14O2.C2H6/c1-9(2)3-5-11-7-10(8-13)4-6-12(11)14;1-2/h3-4,6-8,14H,5H2,1-2H3;1-2H3. The molecule has 1 N–H and O–H groups in total. The molecule has 0 saturated carbocycles. The van der Waals surface area contributed by atoms with Crippen LogP contribution in [0, 0.1) is 0 Å². The van der Waals surface area contributed by atoms with Gasteiger partial charge in [-0.25, -0.2) is 0 Å². The minimum Gasteiger partial charge on any atom is -0.508 e. The number of carbonyl (C=O) groups is 1. The molecule has 0 amide bonds. The third-order valence-corrected chi connectivity index (χ3v) is 1.97. The summed E-state index contributed by atoms with van der Waals surface area (Å²) >= 11 is 0. The summed E-state index contributed by atoms with van der Waals surface area (Å²) < 4.78 is 0. The number of benzene rings is 1. The van der Waals surface area contributed by atoms with Crippen molar-refractivity contribution in [1.29, 1.82) is 0 Å². The maximum absolute atomic E-state index is 10.5. The van der Waals surface area contributed by atoms with Gasteiger partial charge in [-0.05, 0) is 44.0 Å². The van der Waals surface area contributed by atoms with Crippen molar-refractivity contribution in [2.45, 2.75) is 34.1 Å². The summed E-state index contributed by atoms with van der Waals surface area (Å²) in [4.78, 5) is 10.5. The fraction of sp³-hybridized carbons (Fsp3) is 0.357. The lowest BCUT2D eigenvalue weighted by atomic mass is 10.1. The van der Waals surface area contributed by atoms with Crippen LogP contribution in [0.5, 0.6) is 5.75 Å². The molecule has 0 bridgehead atoms. The molecule has 0 aliphatic heterocycles. The van der Waals surface area contributed by atoms with E-state index in [2.05, 4.69) is 0 Å². The molecular formula is C14H20O2. The molecule has 0 fully saturated rings. The van der Waals surface area contributed by atoms with Crippen LogP contribution in [-0.2, 0) is 6.42 Å². The van der Waals surface area contributed by atoms with E-state index in [0.717, 1.165) is 11.8 Å². The summed E-state index contributed by atoms with van der Waals surface area (Å²) in [6.45, 7) is 8.00. The normalized spacial score (nSPS) is 8.75. The van der Waals surface area contributed by atoms with Crippen molar-refractivity contribution >= 4 is 6.29 Å². The van der Waals surface area contributed by atoms with Crippen LogP contribution >= 0.6 is 0 Å². The summed E-state index contributed by atoms with van der Waals surface area (Å²) in [7, 11) is 0. The van der Waals surface area contributed by atoms with E-state index < -0.39 is 0 Å². The maximum Gasteiger partial charge on any atom is 0.150 e. The van der Waals surface area contributed by atoms with E-state index in [1.165, 1.54) is 5.57 Å². The van der Waals surface area contributed by atoms with Gasteiger partial charge in [-0.15, -0.1) is 0 Å². The number of phenolic OH excluding ortho intramolecular Hbond substituents is 1. The van der Waals surface area contributed by atoms with Crippen LogP contribution in [-0.4, -0.2) is 11.4 Å². The molecule has 0 heterocycles. The quantitative estimate of drug-likeness (QED) is 0.622. The van der Waals surface area contributed by atoms with Gasteiger partial charge >= 0.3 is 0 Å². The Kier molecular flexibility index (Phi) is 6.93. The Bertz CT molecular complexity index is 361. The van der Waals surface area contributed by atoms with Crippen molar-refractivity contribution in [3.63, 3.8) is 0 Å². The molecule has 1 rings (SSSR count). The Balaban J connectivity index is 0.00000106. The van der Waals surface area contributed by atoms with Crippen molar-refractivity contribution < 1.29 is 9.90 Å². The molecule has 0 radical (unpaired) electrons. The fourth-order valence-electron chi connectivity index (χ4n) is 1.16. The highest BCUT2D eigenvalue weighted by molar-refractivity contribution is 5.75. The smallest absolute Gasteiger partial charge is 0.150 e. The molecular weight excluding hydrogens is 200 g/mol. The largest absolute Gasteiger partial charge is 0.508 e. The van der Waals surface area contributed by atoms with Gasteiger partial charge in [0.2, 0.25) is 0 Å². The van der Waals surface area contributed by atoms with Crippen LogP contribution in [0.15, 0.2) is 29.8 Å². The maximum atomic E-state index is 10.5. The number of hydrogen-bond donors (Lipinski definition) is 1. The van der Waals surface area contributed by atoms with Crippen molar-refractivity contribution in [3.05, 3.63) is 41.0 Å². The van der Waals surface area contributed by atoms with Crippen LogP contribution in [0.25, 0.3) is 0 Å². The van der Waals surface area contributed by atoms with Gasteiger partial charge in [0.15, 0.2) is 0 Å². The molecule has 88 valence electrons. The van der Waals surface area contributed by atoms with Gasteiger partial charge < -0.3 is 5.11 Å². The number of carbonyl (C=O) groups excluding carboxylic acids is 1. The Morgan fingerprint density at radius 2 is 1.94 bits per heavy atom. The Morgan fingerprint density at radius 1 is 1.31 bits per heavy atom. The molecule has 2 nitrogen and oxygen atoms in total. The highest BCUT2D eigenvalue weighted by Crippen LogP contribution is 2.19. The fourth-order valence-corrected chi connectivity index (χ4v) is 1.16. The average molecular weight is 220 g/mol. The molecule has 0 aliphatic rings. The second-order valence-electron chi connectivity index (χ2n) is 3.49. The summed E-state index contributed by atoms with van der Waals surface area (Å²) in [6.07, 6.45) is 3.46. The molecule has 0 aliphatic carbocycles. The van der Waals surface area contributed by atoms with Crippen LogP contribution in [0.4, 0.5) is 0 Å². The van der Waals surface area contributed by atoms with E-state index >= 15 is 0 Å². The lowest BCUT2D eigenvalue weighted by Gasteiger charge is -2.02. The first-order valence-corrected chi connectivity index (χ1v) is 5.54. The molecule has 0 saturated heterocycles. The minimum absolute atomic E-state index is 0.244. The van der Waals surface area contributed by atoms with E-state index in [9.17, 15) is 9.90 Å².